The van der Waals surface area contributed by atoms with Crippen LogP contribution in [0, 0.1) is 35.5 Å². The van der Waals surface area contributed by atoms with E-state index in [1.165, 1.54) is 19.3 Å². The summed E-state index contributed by atoms with van der Waals surface area (Å²) >= 11 is 0. The zero-order chi connectivity index (χ0) is 20.5. The first kappa shape index (κ1) is 19.9. The molecule has 166 valence electrons. The molecular weight excluding hydrogens is 380 g/mol. The zero-order valence-corrected chi connectivity index (χ0v) is 18.0. The molecule has 1 heterocycles. The first-order chi connectivity index (χ1) is 14.4. The van der Waals surface area contributed by atoms with Gasteiger partial charge >= 0.3 is 0 Å². The molecule has 5 atom stereocenters. The quantitative estimate of drug-likeness (QED) is 0.741. The molecule has 0 aromatic heterocycles. The van der Waals surface area contributed by atoms with E-state index in [-0.39, 0.29) is 23.7 Å². The molecule has 8 saturated carbocycles. The summed E-state index contributed by atoms with van der Waals surface area (Å²) in [5.74, 6) is 3.45. The van der Waals surface area contributed by atoms with Gasteiger partial charge in [0.1, 0.15) is 11.6 Å². The van der Waals surface area contributed by atoms with Crippen LogP contribution in [0.3, 0.4) is 0 Å². The highest BCUT2D eigenvalue weighted by molar-refractivity contribution is 5.86. The number of aliphatic hydroxyl groups is 1. The maximum Gasteiger partial charge on any atom is 0.158 e. The summed E-state index contributed by atoms with van der Waals surface area (Å²) in [5, 5.41) is 10.1. The Morgan fingerprint density at radius 2 is 1.33 bits per heavy atom. The standard InChI is InChI=1S/C15H22O3.C10H14O2/c16-14-11-5-10-6-12(14)9-15(7-10,8-11)18-13-3-1-2-4-17-13;11-9-7-1-6-2-8(9)5-10(12,3-6)4-7/h10-13H,1-9H2;6-8,12H,1-5H2. The minimum atomic E-state index is -0.440. The molecule has 1 saturated heterocycles. The minimum absolute atomic E-state index is 0.00472. The fourth-order valence-corrected chi connectivity index (χ4v) is 8.61. The molecule has 9 rings (SSSR count). The SMILES string of the molecule is O=C1C2CC3CC1CC(O)(C3)C2.O=C1C2CC3CC1CC(OC1CCCCO1)(C3)C2. The van der Waals surface area contributed by atoms with Crippen molar-refractivity contribution in [3.63, 3.8) is 0 Å². The number of carbonyl (C=O) groups excluding carboxylic acids is 2. The molecule has 0 spiro atoms. The van der Waals surface area contributed by atoms with Crippen molar-refractivity contribution in [3.8, 4) is 0 Å². The van der Waals surface area contributed by atoms with E-state index in [1.54, 1.807) is 0 Å². The summed E-state index contributed by atoms with van der Waals surface area (Å²) in [6.07, 6.45) is 13.4. The van der Waals surface area contributed by atoms with Crippen LogP contribution in [0.25, 0.3) is 0 Å². The fourth-order valence-electron chi connectivity index (χ4n) is 8.61. The number of hydrogen-bond acceptors (Lipinski definition) is 5. The molecule has 8 bridgehead atoms. The van der Waals surface area contributed by atoms with E-state index in [2.05, 4.69) is 0 Å². The second-order valence-electron chi connectivity index (χ2n) is 11.8. The largest absolute Gasteiger partial charge is 0.390 e. The van der Waals surface area contributed by atoms with Crippen molar-refractivity contribution >= 4 is 11.6 Å². The molecule has 1 aliphatic heterocycles. The van der Waals surface area contributed by atoms with Crippen molar-refractivity contribution in [2.45, 2.75) is 101 Å². The van der Waals surface area contributed by atoms with Crippen LogP contribution in [-0.4, -0.2) is 40.8 Å². The van der Waals surface area contributed by atoms with Crippen molar-refractivity contribution in [3.05, 3.63) is 0 Å². The number of ketones is 2. The predicted molar refractivity (Wildman–Crippen MR) is 109 cm³/mol. The summed E-state index contributed by atoms with van der Waals surface area (Å²) < 4.78 is 12.1. The van der Waals surface area contributed by atoms with Crippen molar-refractivity contribution in [2.24, 2.45) is 35.5 Å². The van der Waals surface area contributed by atoms with Gasteiger partial charge in [-0.05, 0) is 95.3 Å². The van der Waals surface area contributed by atoms with E-state index >= 15 is 0 Å². The molecule has 0 radical (unpaired) electrons. The van der Waals surface area contributed by atoms with Gasteiger partial charge in [-0.1, -0.05) is 0 Å². The first-order valence-electron chi connectivity index (χ1n) is 12.5. The van der Waals surface area contributed by atoms with Gasteiger partial charge in [0, 0.05) is 30.3 Å². The maximum absolute atomic E-state index is 12.1. The molecule has 1 N–H and O–H groups in total. The summed E-state index contributed by atoms with van der Waals surface area (Å²) in [4.78, 5) is 23.7. The smallest absolute Gasteiger partial charge is 0.158 e. The van der Waals surface area contributed by atoms with Gasteiger partial charge in [-0.3, -0.25) is 9.59 Å². The average Bonchev–Trinajstić information content (AvgIpc) is 2.69. The summed E-state index contributed by atoms with van der Waals surface area (Å²) in [6.45, 7) is 0.843. The monoisotopic (exact) mass is 416 g/mol. The Morgan fingerprint density at radius 1 is 0.767 bits per heavy atom. The molecule has 0 amide bonds. The molecule has 5 unspecified atom stereocenters. The topological polar surface area (TPSA) is 72.8 Å². The van der Waals surface area contributed by atoms with Crippen LogP contribution < -0.4 is 0 Å². The molecule has 30 heavy (non-hydrogen) atoms. The number of carbonyl (C=O) groups is 2. The minimum Gasteiger partial charge on any atom is -0.390 e. The second kappa shape index (κ2) is 7.11. The predicted octanol–water partition coefficient (Wildman–Crippen LogP) is 3.80. The Balaban J connectivity index is 0.000000126. The highest BCUT2D eigenvalue weighted by Gasteiger charge is 2.57. The average molecular weight is 417 g/mol. The van der Waals surface area contributed by atoms with Crippen LogP contribution in [0.15, 0.2) is 0 Å². The molecular formula is C25H36O5. The highest BCUT2D eigenvalue weighted by Crippen LogP contribution is 2.56. The number of Topliss-reactive ketones (excluding diaryl/α,β-unsaturated/α-hetero) is 2. The van der Waals surface area contributed by atoms with Crippen LogP contribution >= 0.6 is 0 Å². The number of hydrogen-bond donors (Lipinski definition) is 1. The van der Waals surface area contributed by atoms with E-state index in [1.807, 2.05) is 0 Å². The van der Waals surface area contributed by atoms with E-state index in [0.29, 0.717) is 29.3 Å². The normalized spacial score (nSPS) is 53.0. The fraction of sp³-hybridized carbons (Fsp3) is 0.920. The van der Waals surface area contributed by atoms with Crippen molar-refractivity contribution in [1.82, 2.24) is 0 Å². The molecule has 0 aromatic carbocycles. The molecule has 9 aliphatic rings. The summed E-state index contributed by atoms with van der Waals surface area (Å²) in [7, 11) is 0. The third kappa shape index (κ3) is 3.40. The van der Waals surface area contributed by atoms with Gasteiger partial charge in [-0.25, -0.2) is 0 Å². The Bertz CT molecular complexity index is 689. The van der Waals surface area contributed by atoms with Gasteiger partial charge in [0.05, 0.1) is 11.2 Å². The highest BCUT2D eigenvalue weighted by atomic mass is 16.7. The van der Waals surface area contributed by atoms with Crippen LogP contribution in [0.5, 0.6) is 0 Å². The Labute approximate surface area is 179 Å². The number of ether oxygens (including phenoxy) is 2. The van der Waals surface area contributed by atoms with Crippen LogP contribution in [-0.2, 0) is 19.1 Å². The van der Waals surface area contributed by atoms with Gasteiger partial charge in [0.2, 0.25) is 0 Å². The van der Waals surface area contributed by atoms with Crippen molar-refractivity contribution in [1.29, 1.82) is 0 Å². The Kier molecular flexibility index (Phi) is 4.71. The lowest BCUT2D eigenvalue weighted by atomic mass is 9.53. The van der Waals surface area contributed by atoms with Gasteiger partial charge in [0.25, 0.3) is 0 Å². The maximum atomic E-state index is 12.1. The van der Waals surface area contributed by atoms with E-state index in [9.17, 15) is 14.7 Å². The Hall–Kier alpha value is -0.780. The van der Waals surface area contributed by atoms with Gasteiger partial charge in [-0.15, -0.1) is 0 Å². The van der Waals surface area contributed by atoms with Gasteiger partial charge < -0.3 is 14.6 Å². The van der Waals surface area contributed by atoms with Crippen molar-refractivity contribution < 1.29 is 24.2 Å². The van der Waals surface area contributed by atoms with Crippen molar-refractivity contribution in [2.75, 3.05) is 6.61 Å². The van der Waals surface area contributed by atoms with Gasteiger partial charge in [0.15, 0.2) is 6.29 Å². The third-order valence-corrected chi connectivity index (χ3v) is 9.42. The molecule has 9 fully saturated rings. The van der Waals surface area contributed by atoms with Crippen LogP contribution in [0.1, 0.15) is 83.5 Å². The lowest BCUT2D eigenvalue weighted by Gasteiger charge is -2.56. The Morgan fingerprint density at radius 3 is 1.87 bits per heavy atom. The third-order valence-electron chi connectivity index (χ3n) is 9.42. The van der Waals surface area contributed by atoms with E-state index in [0.717, 1.165) is 76.7 Å². The summed E-state index contributed by atoms with van der Waals surface area (Å²) in [6, 6.07) is 0. The molecule has 5 nitrogen and oxygen atoms in total. The van der Waals surface area contributed by atoms with E-state index < -0.39 is 5.60 Å². The van der Waals surface area contributed by atoms with E-state index in [4.69, 9.17) is 9.47 Å². The van der Waals surface area contributed by atoms with Crippen LogP contribution in [0.2, 0.25) is 0 Å². The number of rotatable bonds is 2. The lowest BCUT2D eigenvalue weighted by Crippen LogP contribution is -2.57. The molecule has 0 aromatic rings. The lowest BCUT2D eigenvalue weighted by molar-refractivity contribution is -0.260. The summed E-state index contributed by atoms with van der Waals surface area (Å²) in [5.41, 5.74) is -0.448. The second-order valence-corrected chi connectivity index (χ2v) is 11.8. The first-order valence-corrected chi connectivity index (χ1v) is 12.5. The van der Waals surface area contributed by atoms with Crippen LogP contribution in [0.4, 0.5) is 0 Å². The molecule has 5 heteroatoms. The molecule has 8 aliphatic carbocycles. The zero-order valence-electron chi connectivity index (χ0n) is 18.0. The van der Waals surface area contributed by atoms with Gasteiger partial charge in [-0.2, -0.15) is 0 Å².